The molecule has 1 amide bonds. The fourth-order valence-electron chi connectivity index (χ4n) is 5.91. The van der Waals surface area contributed by atoms with Gasteiger partial charge in [-0.2, -0.15) is 0 Å². The highest BCUT2D eigenvalue weighted by molar-refractivity contribution is 14.1. The molecule has 60 heavy (non-hydrogen) atoms. The molecule has 0 bridgehead atoms. The van der Waals surface area contributed by atoms with Crippen molar-refractivity contribution in [3.8, 4) is 0 Å². The third-order valence-electron chi connectivity index (χ3n) is 9.67. The maximum absolute atomic E-state index is 12.5. The predicted molar refractivity (Wildman–Crippen MR) is 271 cm³/mol. The molecule has 0 aliphatic carbocycles. The van der Waals surface area contributed by atoms with Crippen molar-refractivity contribution in [2.24, 2.45) is 0 Å². The average Bonchev–Trinajstić information content (AvgIpc) is 3.71. The minimum absolute atomic E-state index is 0.0482. The highest BCUT2D eigenvalue weighted by atomic mass is 127. The van der Waals surface area contributed by atoms with E-state index in [1.807, 2.05) is 37.3 Å². The molecule has 1 aliphatic heterocycles. The van der Waals surface area contributed by atoms with Crippen LogP contribution in [0.4, 0.5) is 0 Å². The predicted octanol–water partition coefficient (Wildman–Crippen LogP) is 15.7. The number of benzene rings is 1. The standard InChI is InChI=1S/C32H45NO2.C23H33IO/c1-4-5-6-7-8-9-10-11-12-13-14-15-16-17-18-19-20-21-25-28-31(34)33(3)29(2)32(35)30-26-23-22-24-27-30;1-3-4-5-6-7-8-9-10-11-12-13-14-15-16-17-18-22(24)23-20-19-21(2)25-23/h5-6,8-9,11-12,14-15,17-18,20-24,26-27,29,32,35H,4,7,10,13,16,19,25,28H2,1-3H3;4-5,7-8,10-11,13-14,16-17,22-23H,2-3,6,9,12,15,18-20H2,1H3/b6-5-,9-8-,12-11-,15-14-,18-17-,21-20-;5-4-,8-7-,11-10-,14-13-,17-16-/t;22?,23-/m.0/s1. The molecule has 1 aromatic rings. The molecular formula is C55H78INO3. The van der Waals surface area contributed by atoms with Crippen LogP contribution in [0, 0.1) is 0 Å². The van der Waals surface area contributed by atoms with Gasteiger partial charge in [0.2, 0.25) is 5.91 Å². The molecule has 1 fully saturated rings. The van der Waals surface area contributed by atoms with Crippen molar-refractivity contribution in [1.82, 2.24) is 4.90 Å². The molecule has 3 unspecified atom stereocenters. The van der Waals surface area contributed by atoms with Crippen molar-refractivity contribution in [2.75, 3.05) is 7.05 Å². The normalized spacial score (nSPS) is 16.8. The summed E-state index contributed by atoms with van der Waals surface area (Å²) in [6, 6.07) is 9.22. The number of aliphatic hydroxyl groups is 1. The smallest absolute Gasteiger partial charge is 0.222 e. The molecule has 0 radical (unpaired) electrons. The van der Waals surface area contributed by atoms with E-state index in [1.165, 1.54) is 0 Å². The molecular weight excluding hydrogens is 850 g/mol. The zero-order valence-corrected chi connectivity index (χ0v) is 39.7. The lowest BCUT2D eigenvalue weighted by molar-refractivity contribution is -0.133. The first-order chi connectivity index (χ1) is 29.3. The van der Waals surface area contributed by atoms with E-state index in [0.717, 1.165) is 101 Å². The molecule has 4 nitrogen and oxygen atoms in total. The first kappa shape index (κ1) is 54.1. The lowest BCUT2D eigenvalue weighted by atomic mass is 10.0. The number of hydrogen-bond acceptors (Lipinski definition) is 3. The molecule has 1 N–H and O–H groups in total. The maximum atomic E-state index is 12.5. The number of ether oxygens (including phenoxy) is 1. The first-order valence-corrected chi connectivity index (χ1v) is 23.7. The van der Waals surface area contributed by atoms with Crippen LogP contribution < -0.4 is 0 Å². The lowest BCUT2D eigenvalue weighted by Gasteiger charge is -2.29. The van der Waals surface area contributed by atoms with Crippen LogP contribution in [0.2, 0.25) is 0 Å². The minimum Gasteiger partial charge on any atom is -0.494 e. The third-order valence-corrected chi connectivity index (χ3v) is 11.0. The van der Waals surface area contributed by atoms with Gasteiger partial charge in [0.15, 0.2) is 0 Å². The summed E-state index contributed by atoms with van der Waals surface area (Å²) >= 11 is 2.50. The summed E-state index contributed by atoms with van der Waals surface area (Å²) in [5, 5.41) is 10.5. The summed E-state index contributed by atoms with van der Waals surface area (Å²) < 4.78 is 6.28. The fraction of sp³-hybridized carbons (Fsp3) is 0.436. The van der Waals surface area contributed by atoms with E-state index in [4.69, 9.17) is 4.74 Å². The molecule has 4 atom stereocenters. The summed E-state index contributed by atoms with van der Waals surface area (Å²) in [7, 11) is 1.76. The van der Waals surface area contributed by atoms with Crippen molar-refractivity contribution in [2.45, 2.75) is 146 Å². The highest BCUT2D eigenvalue weighted by Gasteiger charge is 2.25. The van der Waals surface area contributed by atoms with Crippen molar-refractivity contribution in [3.63, 3.8) is 0 Å². The summed E-state index contributed by atoms with van der Waals surface area (Å²) in [5.41, 5.74) is 0.830. The van der Waals surface area contributed by atoms with Gasteiger partial charge in [-0.1, -0.05) is 207 Å². The summed E-state index contributed by atoms with van der Waals surface area (Å²) in [4.78, 5) is 14.1. The van der Waals surface area contributed by atoms with E-state index in [9.17, 15) is 9.90 Å². The van der Waals surface area contributed by atoms with Gasteiger partial charge in [-0.05, 0) is 102 Å². The van der Waals surface area contributed by atoms with Crippen LogP contribution >= 0.6 is 22.6 Å². The van der Waals surface area contributed by atoms with Crippen molar-refractivity contribution in [1.29, 1.82) is 0 Å². The highest BCUT2D eigenvalue weighted by Crippen LogP contribution is 2.29. The van der Waals surface area contributed by atoms with Gasteiger partial charge in [0.1, 0.15) is 6.10 Å². The van der Waals surface area contributed by atoms with Crippen LogP contribution in [-0.2, 0) is 9.53 Å². The SMILES string of the molecule is C=C1CC[C@@H](C(I)C/C=C\C/C=C\C/C=C\C/C=C\C/C=C\CC)O1.CC/C=C\C/C=C\C/C=C\C/C=C\C/C=C\C/C=C\CCC(=O)N(C)C(C)C(O)c1ccccc1. The maximum Gasteiger partial charge on any atom is 0.222 e. The van der Waals surface area contributed by atoms with Gasteiger partial charge < -0.3 is 14.7 Å². The number of amides is 1. The average molecular weight is 928 g/mol. The van der Waals surface area contributed by atoms with Gasteiger partial charge in [-0.15, -0.1) is 0 Å². The number of likely N-dealkylation sites (N-methyl/N-ethyl adjacent to an activating group) is 1. The van der Waals surface area contributed by atoms with E-state index in [2.05, 4.69) is 177 Å². The lowest BCUT2D eigenvalue weighted by Crippen LogP contribution is -2.38. The Balaban J connectivity index is 0.000000634. The number of halogens is 1. The van der Waals surface area contributed by atoms with E-state index < -0.39 is 6.10 Å². The van der Waals surface area contributed by atoms with Crippen LogP contribution in [0.5, 0.6) is 0 Å². The Bertz CT molecular complexity index is 1570. The number of rotatable bonds is 29. The molecule has 2 rings (SSSR count). The Labute approximate surface area is 380 Å². The van der Waals surface area contributed by atoms with Crippen LogP contribution in [0.3, 0.4) is 0 Å². The number of nitrogens with zero attached hydrogens (tertiary/aromatic N) is 1. The van der Waals surface area contributed by atoms with Crippen molar-refractivity contribution in [3.05, 3.63) is 182 Å². The second kappa shape index (κ2) is 39.2. The molecule has 328 valence electrons. The summed E-state index contributed by atoms with van der Waals surface area (Å²) in [6.45, 7) is 10.1. The number of hydrogen-bond donors (Lipinski definition) is 1. The summed E-state index contributed by atoms with van der Waals surface area (Å²) in [5.74, 6) is 1.00. The second-order valence-corrected chi connectivity index (χ2v) is 16.3. The first-order valence-electron chi connectivity index (χ1n) is 22.4. The molecule has 1 saturated heterocycles. The Hall–Kier alpha value is -3.94. The van der Waals surface area contributed by atoms with Gasteiger partial charge in [-0.25, -0.2) is 0 Å². The second-order valence-electron chi connectivity index (χ2n) is 14.7. The monoisotopic (exact) mass is 928 g/mol. The quantitative estimate of drug-likeness (QED) is 0.0495. The van der Waals surface area contributed by atoms with Crippen LogP contribution in [-0.4, -0.2) is 39.0 Å². The van der Waals surface area contributed by atoms with Crippen LogP contribution in [0.1, 0.15) is 135 Å². The van der Waals surface area contributed by atoms with Crippen LogP contribution in [0.25, 0.3) is 0 Å². The van der Waals surface area contributed by atoms with E-state index >= 15 is 0 Å². The fourth-order valence-corrected chi connectivity index (χ4v) is 6.71. The van der Waals surface area contributed by atoms with Gasteiger partial charge in [0.05, 0.1) is 21.8 Å². The Morgan fingerprint density at radius 3 is 1.45 bits per heavy atom. The van der Waals surface area contributed by atoms with E-state index in [1.54, 1.807) is 11.9 Å². The molecule has 0 aromatic heterocycles. The summed E-state index contributed by atoms with van der Waals surface area (Å²) in [6.07, 6.45) is 63.7. The minimum atomic E-state index is -0.684. The molecule has 1 heterocycles. The number of alkyl halides is 1. The molecule has 0 spiro atoms. The van der Waals surface area contributed by atoms with E-state index in [0.29, 0.717) is 22.9 Å². The van der Waals surface area contributed by atoms with Crippen molar-refractivity contribution < 1.29 is 14.6 Å². The number of aliphatic hydroxyl groups excluding tert-OH is 1. The van der Waals surface area contributed by atoms with Crippen molar-refractivity contribution >= 4 is 28.5 Å². The van der Waals surface area contributed by atoms with Gasteiger partial charge in [0, 0.05) is 19.9 Å². The number of allylic oxidation sites excluding steroid dienone is 23. The molecule has 5 heteroatoms. The molecule has 0 saturated carbocycles. The van der Waals surface area contributed by atoms with Gasteiger partial charge in [0.25, 0.3) is 0 Å². The third kappa shape index (κ3) is 30.1. The zero-order chi connectivity index (χ0) is 43.7. The topological polar surface area (TPSA) is 49.8 Å². The Morgan fingerprint density at radius 1 is 0.683 bits per heavy atom. The molecule has 1 aromatic carbocycles. The Morgan fingerprint density at radius 2 is 1.07 bits per heavy atom. The van der Waals surface area contributed by atoms with Gasteiger partial charge in [-0.3, -0.25) is 4.79 Å². The number of carbonyl (C=O) groups excluding carboxylic acids is 1. The Kier molecular flexibility index (Phi) is 35.3. The van der Waals surface area contributed by atoms with Crippen LogP contribution in [0.15, 0.2) is 176 Å². The number of carbonyl (C=O) groups is 1. The zero-order valence-electron chi connectivity index (χ0n) is 37.5. The van der Waals surface area contributed by atoms with Gasteiger partial charge >= 0.3 is 0 Å². The van der Waals surface area contributed by atoms with E-state index in [-0.39, 0.29) is 11.9 Å². The largest absolute Gasteiger partial charge is 0.494 e. The molecule has 1 aliphatic rings.